The van der Waals surface area contributed by atoms with E-state index in [0.717, 1.165) is 23.1 Å². The summed E-state index contributed by atoms with van der Waals surface area (Å²) in [6.45, 7) is 3.51. The van der Waals surface area contributed by atoms with Crippen molar-refractivity contribution in [3.8, 4) is 0 Å². The van der Waals surface area contributed by atoms with Crippen LogP contribution in [0.15, 0.2) is 12.2 Å². The molecule has 1 saturated carbocycles. The van der Waals surface area contributed by atoms with Gasteiger partial charge in [-0.2, -0.15) is 11.8 Å². The lowest BCUT2D eigenvalue weighted by Gasteiger charge is -2.41. The Balaban J connectivity index is 1.61. The third kappa shape index (κ3) is 2.17. The van der Waals surface area contributed by atoms with E-state index < -0.39 is 0 Å². The molecule has 0 saturated heterocycles. The Bertz CT molecular complexity index is 214. The van der Waals surface area contributed by atoms with Crippen molar-refractivity contribution in [1.29, 1.82) is 0 Å². The minimum absolute atomic E-state index is 0.799. The van der Waals surface area contributed by atoms with Gasteiger partial charge in [-0.25, -0.2) is 0 Å². The lowest BCUT2D eigenvalue weighted by Crippen LogP contribution is -2.48. The highest BCUT2D eigenvalue weighted by Gasteiger charge is 2.40. The van der Waals surface area contributed by atoms with Crippen LogP contribution in [0.5, 0.6) is 0 Å². The minimum Gasteiger partial charge on any atom is -0.313 e. The number of fused-ring (bicyclic) bond motifs is 1. The van der Waals surface area contributed by atoms with Crippen molar-refractivity contribution in [3.63, 3.8) is 0 Å². The standard InChI is InChI=1S/C12H21NS/c1-9(14-2)6-7-13-12-8-10-4-3-5-11(10)12/h3,5,9-13H,4,6-8H2,1-2H3. The Labute approximate surface area is 91.7 Å². The van der Waals surface area contributed by atoms with Gasteiger partial charge in [-0.15, -0.1) is 0 Å². The summed E-state index contributed by atoms with van der Waals surface area (Å²) in [5.41, 5.74) is 0. The van der Waals surface area contributed by atoms with Gasteiger partial charge in [0.25, 0.3) is 0 Å². The summed E-state index contributed by atoms with van der Waals surface area (Å²) < 4.78 is 0. The van der Waals surface area contributed by atoms with Crippen LogP contribution in [0.2, 0.25) is 0 Å². The normalized spacial score (nSPS) is 36.6. The zero-order valence-corrected chi connectivity index (χ0v) is 10.0. The van der Waals surface area contributed by atoms with E-state index in [1.54, 1.807) is 0 Å². The second-order valence-electron chi connectivity index (χ2n) is 4.63. The van der Waals surface area contributed by atoms with E-state index in [1.165, 1.54) is 25.8 Å². The molecule has 0 aliphatic heterocycles. The van der Waals surface area contributed by atoms with E-state index in [0.29, 0.717) is 0 Å². The molecule has 80 valence electrons. The average Bonchev–Trinajstić information content (AvgIpc) is 2.54. The molecule has 0 bridgehead atoms. The van der Waals surface area contributed by atoms with Crippen LogP contribution in [0, 0.1) is 11.8 Å². The third-order valence-corrected chi connectivity index (χ3v) is 4.76. The monoisotopic (exact) mass is 211 g/mol. The number of nitrogens with one attached hydrogen (secondary N) is 1. The Morgan fingerprint density at radius 1 is 1.57 bits per heavy atom. The highest BCUT2D eigenvalue weighted by molar-refractivity contribution is 7.99. The Hall–Kier alpha value is 0.0500. The quantitative estimate of drug-likeness (QED) is 0.702. The second kappa shape index (κ2) is 4.71. The molecule has 0 aromatic rings. The average molecular weight is 211 g/mol. The zero-order valence-electron chi connectivity index (χ0n) is 9.20. The van der Waals surface area contributed by atoms with E-state index in [4.69, 9.17) is 0 Å². The molecule has 0 radical (unpaired) electrons. The molecule has 1 N–H and O–H groups in total. The highest BCUT2D eigenvalue weighted by Crippen LogP contribution is 2.42. The van der Waals surface area contributed by atoms with E-state index in [-0.39, 0.29) is 0 Å². The molecule has 2 aliphatic carbocycles. The van der Waals surface area contributed by atoms with Crippen LogP contribution in [-0.2, 0) is 0 Å². The van der Waals surface area contributed by atoms with Gasteiger partial charge in [0, 0.05) is 11.3 Å². The number of hydrogen-bond donors (Lipinski definition) is 1. The summed E-state index contributed by atoms with van der Waals surface area (Å²) in [4.78, 5) is 0. The molecule has 0 heterocycles. The van der Waals surface area contributed by atoms with E-state index in [9.17, 15) is 0 Å². The van der Waals surface area contributed by atoms with E-state index in [1.807, 2.05) is 11.8 Å². The lowest BCUT2D eigenvalue weighted by molar-refractivity contribution is 0.163. The molecule has 0 amide bonds. The van der Waals surface area contributed by atoms with Crippen molar-refractivity contribution >= 4 is 11.8 Å². The molecular formula is C12H21NS. The molecule has 4 atom stereocenters. The van der Waals surface area contributed by atoms with Crippen LogP contribution in [0.3, 0.4) is 0 Å². The van der Waals surface area contributed by atoms with Crippen molar-refractivity contribution in [2.24, 2.45) is 11.8 Å². The fourth-order valence-corrected chi connectivity index (χ4v) is 2.89. The van der Waals surface area contributed by atoms with Gasteiger partial charge in [0.1, 0.15) is 0 Å². The number of hydrogen-bond acceptors (Lipinski definition) is 2. The summed E-state index contributed by atoms with van der Waals surface area (Å²) >= 11 is 1.97. The number of thioether (sulfide) groups is 1. The van der Waals surface area contributed by atoms with Crippen LogP contribution >= 0.6 is 11.8 Å². The Morgan fingerprint density at radius 3 is 3.14 bits per heavy atom. The molecule has 0 aromatic carbocycles. The molecular weight excluding hydrogens is 190 g/mol. The van der Waals surface area contributed by atoms with Gasteiger partial charge in [0.05, 0.1) is 0 Å². The first-order chi connectivity index (χ1) is 6.81. The van der Waals surface area contributed by atoms with Crippen molar-refractivity contribution < 1.29 is 0 Å². The first-order valence-corrected chi connectivity index (χ1v) is 7.03. The maximum atomic E-state index is 3.69. The molecule has 0 spiro atoms. The van der Waals surface area contributed by atoms with Crippen LogP contribution in [-0.4, -0.2) is 24.1 Å². The van der Waals surface area contributed by atoms with Crippen molar-refractivity contribution in [3.05, 3.63) is 12.2 Å². The minimum atomic E-state index is 0.799. The molecule has 1 nitrogen and oxygen atoms in total. The van der Waals surface area contributed by atoms with Gasteiger partial charge in [0.2, 0.25) is 0 Å². The fraction of sp³-hybridized carbons (Fsp3) is 0.833. The summed E-state index contributed by atoms with van der Waals surface area (Å²) in [7, 11) is 0. The van der Waals surface area contributed by atoms with Gasteiger partial charge in [0.15, 0.2) is 0 Å². The van der Waals surface area contributed by atoms with Gasteiger partial charge in [-0.05, 0) is 43.9 Å². The SMILES string of the molecule is CSC(C)CCNC1CC2CC=CC21. The molecule has 2 aliphatic rings. The number of rotatable bonds is 5. The molecule has 2 heteroatoms. The van der Waals surface area contributed by atoms with Crippen LogP contribution in [0.25, 0.3) is 0 Å². The van der Waals surface area contributed by atoms with Crippen molar-refractivity contribution in [2.75, 3.05) is 12.8 Å². The Kier molecular flexibility index (Phi) is 3.56. The largest absolute Gasteiger partial charge is 0.313 e. The van der Waals surface area contributed by atoms with Crippen LogP contribution in [0.4, 0.5) is 0 Å². The van der Waals surface area contributed by atoms with E-state index in [2.05, 4.69) is 30.6 Å². The van der Waals surface area contributed by atoms with Gasteiger partial charge in [-0.1, -0.05) is 19.1 Å². The topological polar surface area (TPSA) is 12.0 Å². The summed E-state index contributed by atoms with van der Waals surface area (Å²) in [5, 5.41) is 4.49. The maximum absolute atomic E-state index is 3.69. The molecule has 1 fully saturated rings. The summed E-state index contributed by atoms with van der Waals surface area (Å²) in [5.74, 6) is 1.87. The second-order valence-corrected chi connectivity index (χ2v) is 5.91. The predicted octanol–water partition coefficient (Wildman–Crippen LogP) is 2.68. The highest BCUT2D eigenvalue weighted by atomic mass is 32.2. The molecule has 4 unspecified atom stereocenters. The maximum Gasteiger partial charge on any atom is 0.0136 e. The van der Waals surface area contributed by atoms with Crippen molar-refractivity contribution in [1.82, 2.24) is 5.32 Å². The summed E-state index contributed by atoms with van der Waals surface area (Å²) in [6, 6.07) is 0.799. The molecule has 0 aromatic heterocycles. The van der Waals surface area contributed by atoms with Gasteiger partial charge in [-0.3, -0.25) is 0 Å². The van der Waals surface area contributed by atoms with Gasteiger partial charge < -0.3 is 5.32 Å². The number of allylic oxidation sites excluding steroid dienone is 1. The Morgan fingerprint density at radius 2 is 2.43 bits per heavy atom. The third-order valence-electron chi connectivity index (χ3n) is 3.72. The zero-order chi connectivity index (χ0) is 9.97. The molecule has 14 heavy (non-hydrogen) atoms. The lowest BCUT2D eigenvalue weighted by atomic mass is 9.71. The summed E-state index contributed by atoms with van der Waals surface area (Å²) in [6.07, 6.45) is 11.0. The first-order valence-electron chi connectivity index (χ1n) is 5.74. The van der Waals surface area contributed by atoms with Crippen LogP contribution in [0.1, 0.15) is 26.2 Å². The van der Waals surface area contributed by atoms with Crippen molar-refractivity contribution in [2.45, 2.75) is 37.5 Å². The smallest absolute Gasteiger partial charge is 0.0136 e. The van der Waals surface area contributed by atoms with Crippen LogP contribution < -0.4 is 5.32 Å². The fourth-order valence-electron chi connectivity index (χ4n) is 2.54. The van der Waals surface area contributed by atoms with E-state index >= 15 is 0 Å². The predicted molar refractivity (Wildman–Crippen MR) is 64.7 cm³/mol. The first kappa shape index (κ1) is 10.6. The molecule has 2 rings (SSSR count). The van der Waals surface area contributed by atoms with Gasteiger partial charge >= 0.3 is 0 Å².